The number of nitrogens with one attached hydrogen (secondary N) is 10. The number of nitrogens with zero attached hydrogens (tertiary/aromatic N) is 1. The van der Waals surface area contributed by atoms with Gasteiger partial charge < -0.3 is 99.4 Å². The van der Waals surface area contributed by atoms with Crippen molar-refractivity contribution < 1.29 is 120 Å². The molecule has 0 spiro atoms. The second-order valence-corrected chi connectivity index (χ2v) is 28.6. The molecule has 4 rings (SSSR count). The maximum Gasteiger partial charge on any atom is 0.304 e. The first-order valence-electron chi connectivity index (χ1n) is 38.1. The number of unbranched alkanes of at least 4 members (excludes halogenated alkanes) is 6. The van der Waals surface area contributed by atoms with Crippen LogP contribution in [0.25, 0.3) is 10.9 Å². The van der Waals surface area contributed by atoms with Gasteiger partial charge in [-0.15, -0.1) is 0 Å². The fourth-order valence-electron chi connectivity index (χ4n) is 12.9. The van der Waals surface area contributed by atoms with E-state index in [1.165, 1.54) is 38.1 Å². The van der Waals surface area contributed by atoms with Crippen LogP contribution in [0.5, 0.6) is 0 Å². The lowest BCUT2D eigenvalue weighted by molar-refractivity contribution is -0.143. The number of carboxylic acids is 1. The van der Waals surface area contributed by atoms with Crippen LogP contribution in [0.15, 0.2) is 54.7 Å². The molecule has 0 aliphatic carbocycles. The number of nitrogen functional groups attached to an aromatic ring is 1. The van der Waals surface area contributed by atoms with Gasteiger partial charge in [0.2, 0.25) is 65.0 Å². The molecule has 1 unspecified atom stereocenters. The average Bonchev–Trinajstić information content (AvgIpc) is 1.65. The number of aliphatic hydroxyl groups excluding tert-OH is 1. The largest absolute Gasteiger partial charge is 0.481 e. The van der Waals surface area contributed by atoms with Gasteiger partial charge in [-0.25, -0.2) is 0 Å². The molecule has 1 aliphatic heterocycles. The molecule has 18 N–H and O–H groups in total. The Morgan fingerprint density at radius 1 is 0.638 bits per heavy atom. The van der Waals surface area contributed by atoms with Gasteiger partial charge in [0.1, 0.15) is 43.4 Å². The first-order valence-corrected chi connectivity index (χ1v) is 38.1. The molecule has 39 nitrogen and oxygen atoms in total. The smallest absolute Gasteiger partial charge is 0.304 e. The molecule has 636 valence electrons. The van der Waals surface area contributed by atoms with Crippen molar-refractivity contribution in [2.45, 2.75) is 192 Å². The van der Waals surface area contributed by atoms with Gasteiger partial charge >= 0.3 is 5.97 Å². The van der Waals surface area contributed by atoms with E-state index in [0.29, 0.717) is 17.4 Å². The number of carbonyl (C=O) groups excluding carboxylic acids is 19. The number of Topliss-reactive ketones (excluding diaryl/α,β-unsaturated/α-hetero) is 5. The van der Waals surface area contributed by atoms with Gasteiger partial charge in [0.15, 0.2) is 28.9 Å². The molecule has 3 aromatic rings. The van der Waals surface area contributed by atoms with Gasteiger partial charge in [0, 0.05) is 86.3 Å². The third-order valence-corrected chi connectivity index (χ3v) is 19.4. The predicted molar refractivity (Wildman–Crippen MR) is 411 cm³/mol. The number of benzene rings is 2. The Morgan fingerprint density at radius 3 is 1.88 bits per heavy atom. The van der Waals surface area contributed by atoms with Crippen LogP contribution in [0, 0.1) is 29.6 Å². The summed E-state index contributed by atoms with van der Waals surface area (Å²) < 4.78 is 16.3. The number of carbonyl (C=O) groups is 20. The highest BCUT2D eigenvalue weighted by Crippen LogP contribution is 2.26. The van der Waals surface area contributed by atoms with Crippen LogP contribution in [0.2, 0.25) is 0 Å². The minimum atomic E-state index is -2.12. The summed E-state index contributed by atoms with van der Waals surface area (Å²) in [5.41, 5.74) is 18.7. The number of fused-ring (bicyclic) bond motifs is 1. The molecule has 1 fully saturated rings. The first kappa shape index (κ1) is 96.5. The van der Waals surface area contributed by atoms with Gasteiger partial charge in [-0.2, -0.15) is 0 Å². The third kappa shape index (κ3) is 32.5. The van der Waals surface area contributed by atoms with E-state index in [9.17, 15) is 101 Å². The SMILES string of the molecule is CCCCCCCCCC(=O)N[C@@H](Cc1cn(C)c2ccccc12)C(=O)N[C@H](CC(N)=O)C(=O)C[C@@H](CC(=O)O)C(=O)N[C@@H]1C(=O)NCC(=O)N[C@@H](CCCN)C(=O)C[C@@H](COC=O)C(=O)N[C@H](C)C(=O)N[C@@H](COC=O)C(=O)NCC(=O)N[C@H](CO)C(=O)C[C@@H](C(C)COC=O)C(=O)N[C@@H](CC(=O)c2ccccc2N)C(=O)C[C@@H]1C. The quantitative estimate of drug-likeness (QED) is 0.00917. The van der Waals surface area contributed by atoms with Gasteiger partial charge in [0.25, 0.3) is 19.4 Å². The molecule has 2 aromatic carbocycles. The number of nitrogens with two attached hydrogens (primary N) is 3. The van der Waals surface area contributed by atoms with Crippen molar-refractivity contribution in [1.29, 1.82) is 0 Å². The Balaban J connectivity index is 1.87. The Bertz CT molecular complexity index is 3980. The maximum absolute atomic E-state index is 15.1. The van der Waals surface area contributed by atoms with Crippen molar-refractivity contribution in [3.8, 4) is 0 Å². The Hall–Kier alpha value is -11.9. The molecule has 39 heteroatoms. The van der Waals surface area contributed by atoms with Gasteiger partial charge in [-0.05, 0) is 62.4 Å². The van der Waals surface area contributed by atoms with Crippen molar-refractivity contribution in [3.63, 3.8) is 0 Å². The van der Waals surface area contributed by atoms with Crippen molar-refractivity contribution in [1.82, 2.24) is 57.7 Å². The van der Waals surface area contributed by atoms with Crippen molar-refractivity contribution in [2.75, 3.05) is 51.8 Å². The van der Waals surface area contributed by atoms with E-state index in [1.807, 2.05) is 6.07 Å². The molecule has 116 heavy (non-hydrogen) atoms. The molecule has 13 atom stereocenters. The summed E-state index contributed by atoms with van der Waals surface area (Å²) in [5.74, 6) is -27.4. The molecule has 1 aromatic heterocycles. The first-order chi connectivity index (χ1) is 55.2. The van der Waals surface area contributed by atoms with E-state index >= 15 is 4.79 Å². The summed E-state index contributed by atoms with van der Waals surface area (Å²) in [4.78, 5) is 274. The lowest BCUT2D eigenvalue weighted by atomic mass is 9.86. The molecular formula is C77H108N14O25. The molecule has 0 bridgehead atoms. The number of amides is 11. The minimum Gasteiger partial charge on any atom is -0.481 e. The highest BCUT2D eigenvalue weighted by molar-refractivity contribution is 6.06. The zero-order chi connectivity index (χ0) is 86.1. The van der Waals surface area contributed by atoms with E-state index < -0.39 is 262 Å². The van der Waals surface area contributed by atoms with E-state index in [0.717, 1.165) is 51.0 Å². The average molecular weight is 1630 g/mol. The Labute approximate surface area is 668 Å². The summed E-state index contributed by atoms with van der Waals surface area (Å²) in [6, 6.07) is -1.57. The number of aromatic nitrogens is 1. The summed E-state index contributed by atoms with van der Waals surface area (Å²) in [5, 5.41) is 45.1. The van der Waals surface area contributed by atoms with E-state index in [1.54, 1.807) is 36.0 Å². The predicted octanol–water partition coefficient (Wildman–Crippen LogP) is -2.58. The number of aryl methyl sites for hydroxylation is 1. The number of anilines is 1. The summed E-state index contributed by atoms with van der Waals surface area (Å²) >= 11 is 0. The van der Waals surface area contributed by atoms with E-state index in [-0.39, 0.29) is 62.9 Å². The number of carboxylic acid groups (broad SMARTS) is 1. The van der Waals surface area contributed by atoms with Crippen LogP contribution < -0.4 is 70.4 Å². The third-order valence-electron chi connectivity index (χ3n) is 19.4. The van der Waals surface area contributed by atoms with Gasteiger partial charge in [0.05, 0.1) is 75.0 Å². The zero-order valence-corrected chi connectivity index (χ0v) is 65.6. The van der Waals surface area contributed by atoms with Crippen LogP contribution in [0.4, 0.5) is 5.69 Å². The lowest BCUT2D eigenvalue weighted by Crippen LogP contribution is -2.56. The number of hydrogen-bond acceptors (Lipinski definition) is 26. The topological polar surface area (TPSA) is 613 Å². The second-order valence-electron chi connectivity index (χ2n) is 28.6. The number of aliphatic carboxylic acids is 1. The van der Waals surface area contributed by atoms with Crippen LogP contribution in [-0.4, -0.2) is 228 Å². The summed E-state index contributed by atoms with van der Waals surface area (Å²) in [7, 11) is 1.76. The molecule has 0 saturated carbocycles. The van der Waals surface area contributed by atoms with Crippen molar-refractivity contribution in [2.24, 2.45) is 48.1 Å². The molecule has 1 aliphatic rings. The Morgan fingerprint density at radius 2 is 1.24 bits per heavy atom. The molecule has 2 heterocycles. The van der Waals surface area contributed by atoms with E-state index in [4.69, 9.17) is 31.4 Å². The normalized spacial score (nSPS) is 21.2. The lowest BCUT2D eigenvalue weighted by Gasteiger charge is -2.29. The molecule has 1 saturated heterocycles. The number of ketones is 5. The van der Waals surface area contributed by atoms with Crippen LogP contribution in [0.1, 0.15) is 153 Å². The van der Waals surface area contributed by atoms with Gasteiger partial charge in [-0.3, -0.25) is 95.9 Å². The Kier molecular flexibility index (Phi) is 41.9. The fraction of sp³-hybridized carbons (Fsp3) is 0.558. The number of primary amides is 1. The van der Waals surface area contributed by atoms with Crippen LogP contribution >= 0.6 is 0 Å². The van der Waals surface area contributed by atoms with Crippen molar-refractivity contribution >= 4 is 136 Å². The highest BCUT2D eigenvalue weighted by Gasteiger charge is 2.41. The van der Waals surface area contributed by atoms with Crippen molar-refractivity contribution in [3.05, 3.63) is 65.9 Å². The standard InChI is InChI=1S/C77H108N14O25/c1-6-7-8-9-10-11-12-23-66(102)85-56(26-47-35-91(5)59-22-16-14-18-49(47)59)76(112)88-55(32-65(80)101)63(99)27-46(29-69(105)106)72(108)90-70-43(2)25-61(97)54(31-60(96)50-19-13-15-20-52(50)79)87-74(110)51(44(3)37-114-40-93)30-64(100)57(36-92)86-68(104)33-81-75(111)58(39-116-42-95)89-71(107)45(4)83-73(109)48(38-115-41-94)28-62(98)53(21-17-24-78)84-67(103)34-82-77(70)113/h13-16,18-20,22,35,40-46,48,51,53-58,70,92H,6-12,17,21,23-34,36-39,78-79H2,1-5H3,(H2,80,101)(H,81,111)(H,82,113)(H,83,109)(H,84,103)(H,85,102)(H,86,104)(H,87,110)(H,88,112)(H,89,107)(H,90,108)(H,105,106)/t43-,44?,45+,46-,48-,51-,53-,54-,55+,56-,57+,58-,70-/m0/s1. The van der Waals surface area contributed by atoms with E-state index in [2.05, 4.69) is 60.1 Å². The summed E-state index contributed by atoms with van der Waals surface area (Å²) in [6.07, 6.45) is 0.591. The van der Waals surface area contributed by atoms with Crippen LogP contribution in [0.3, 0.4) is 0 Å². The minimum absolute atomic E-state index is 0.00481. The maximum atomic E-state index is 15.1. The number of hydrogen-bond donors (Lipinski definition) is 15. The van der Waals surface area contributed by atoms with Crippen LogP contribution in [-0.2, 0) is 119 Å². The number of para-hydroxylation sites is 2. The zero-order valence-electron chi connectivity index (χ0n) is 65.6. The monoisotopic (exact) mass is 1630 g/mol. The number of aliphatic hydroxyl groups is 1. The highest BCUT2D eigenvalue weighted by atomic mass is 16.5. The summed E-state index contributed by atoms with van der Waals surface area (Å²) in [6.45, 7) is -0.0813. The number of ether oxygens (including phenoxy) is 3. The van der Waals surface area contributed by atoms with Gasteiger partial charge in [-0.1, -0.05) is 89.6 Å². The molecule has 11 amide bonds. The fourth-order valence-corrected chi connectivity index (χ4v) is 12.9. The molecular weight excluding hydrogens is 1520 g/mol. The molecule has 0 radical (unpaired) electrons. The second kappa shape index (κ2) is 50.4. The number of rotatable bonds is 39.